The van der Waals surface area contributed by atoms with Crippen LogP contribution in [0, 0.1) is 5.92 Å². The topological polar surface area (TPSA) is 60.9 Å². The van der Waals surface area contributed by atoms with Crippen LogP contribution in [0.2, 0.25) is 0 Å². The maximum absolute atomic E-state index is 12.5. The second kappa shape index (κ2) is 6.62. The Labute approximate surface area is 128 Å². The average molecular weight is 317 g/mol. The Kier molecular flexibility index (Phi) is 5.27. The van der Waals surface area contributed by atoms with Gasteiger partial charge in [0.25, 0.3) is 0 Å². The molecule has 21 heavy (non-hydrogen) atoms. The highest BCUT2D eigenvalue weighted by atomic mass is 32.2. The van der Waals surface area contributed by atoms with E-state index in [1.807, 2.05) is 4.90 Å². The van der Waals surface area contributed by atoms with E-state index in [0.717, 1.165) is 26.2 Å². The Hall–Kier alpha value is -0.660. The molecule has 2 saturated heterocycles. The van der Waals surface area contributed by atoms with Gasteiger partial charge in [0.1, 0.15) is 0 Å². The zero-order valence-electron chi connectivity index (χ0n) is 13.3. The number of carbonyl (C=O) groups is 1. The van der Waals surface area contributed by atoms with Gasteiger partial charge in [-0.25, -0.2) is 12.7 Å². The van der Waals surface area contributed by atoms with Gasteiger partial charge in [-0.2, -0.15) is 0 Å². The van der Waals surface area contributed by atoms with Gasteiger partial charge in [-0.3, -0.25) is 9.69 Å². The average Bonchev–Trinajstić information content (AvgIpc) is 2.46. The minimum atomic E-state index is -3.11. The molecule has 0 spiro atoms. The Morgan fingerprint density at radius 1 is 1.00 bits per heavy atom. The van der Waals surface area contributed by atoms with Crippen LogP contribution >= 0.6 is 0 Å². The van der Waals surface area contributed by atoms with Gasteiger partial charge in [0.05, 0.1) is 6.26 Å². The molecule has 1 amide bonds. The molecule has 0 unspecified atom stereocenters. The molecule has 7 heteroatoms. The molecule has 2 rings (SSSR count). The van der Waals surface area contributed by atoms with Crippen LogP contribution in [0.4, 0.5) is 0 Å². The molecule has 0 N–H and O–H groups in total. The van der Waals surface area contributed by atoms with Gasteiger partial charge in [0.15, 0.2) is 0 Å². The van der Waals surface area contributed by atoms with Gasteiger partial charge in [-0.05, 0) is 26.7 Å². The summed E-state index contributed by atoms with van der Waals surface area (Å²) in [7, 11) is -3.11. The highest BCUT2D eigenvalue weighted by Crippen LogP contribution is 2.22. The molecule has 6 nitrogen and oxygen atoms in total. The third kappa shape index (κ3) is 4.17. The van der Waals surface area contributed by atoms with Gasteiger partial charge in [-0.1, -0.05) is 0 Å². The van der Waals surface area contributed by atoms with Crippen LogP contribution in [0.3, 0.4) is 0 Å². The Bertz CT molecular complexity index is 462. The summed E-state index contributed by atoms with van der Waals surface area (Å²) < 4.78 is 24.5. The normalized spacial score (nSPS) is 23.7. The molecule has 122 valence electrons. The van der Waals surface area contributed by atoms with Gasteiger partial charge < -0.3 is 4.90 Å². The molecule has 0 aromatic rings. The van der Waals surface area contributed by atoms with Crippen LogP contribution in [-0.2, 0) is 14.8 Å². The summed E-state index contributed by atoms with van der Waals surface area (Å²) in [6.07, 6.45) is 2.53. The molecule has 2 fully saturated rings. The highest BCUT2D eigenvalue weighted by Gasteiger charge is 2.32. The number of nitrogens with zero attached hydrogens (tertiary/aromatic N) is 3. The minimum Gasteiger partial charge on any atom is -0.340 e. The van der Waals surface area contributed by atoms with E-state index in [-0.39, 0.29) is 11.8 Å². The van der Waals surface area contributed by atoms with E-state index in [9.17, 15) is 13.2 Å². The molecule has 0 atom stereocenters. The van der Waals surface area contributed by atoms with Crippen molar-refractivity contribution in [3.8, 4) is 0 Å². The number of hydrogen-bond donors (Lipinski definition) is 0. The lowest BCUT2D eigenvalue weighted by atomic mass is 9.96. The van der Waals surface area contributed by atoms with E-state index in [0.29, 0.717) is 32.0 Å². The molecular formula is C14H27N3O3S. The molecular weight excluding hydrogens is 290 g/mol. The molecule has 2 aliphatic rings. The quantitative estimate of drug-likeness (QED) is 0.747. The number of hydrogen-bond acceptors (Lipinski definition) is 4. The maximum atomic E-state index is 12.5. The fourth-order valence-corrected chi connectivity index (χ4v) is 4.03. The molecule has 2 aliphatic heterocycles. The SMILES string of the molecule is CC(C)N1CCN(C(=O)C2CCN(S(C)(=O)=O)CC2)CC1. The molecule has 0 aromatic carbocycles. The van der Waals surface area contributed by atoms with Crippen LogP contribution in [0.25, 0.3) is 0 Å². The monoisotopic (exact) mass is 317 g/mol. The number of piperidine rings is 1. The van der Waals surface area contributed by atoms with Gasteiger partial charge in [0.2, 0.25) is 15.9 Å². The first-order valence-corrected chi connectivity index (χ1v) is 9.62. The number of amides is 1. The summed E-state index contributed by atoms with van der Waals surface area (Å²) in [5.74, 6) is 0.208. The van der Waals surface area contributed by atoms with Crippen LogP contribution in [0.5, 0.6) is 0 Å². The van der Waals surface area contributed by atoms with E-state index >= 15 is 0 Å². The third-order valence-electron chi connectivity index (χ3n) is 4.63. The lowest BCUT2D eigenvalue weighted by molar-refractivity contribution is -0.138. The fraction of sp³-hybridized carbons (Fsp3) is 0.929. The first kappa shape index (κ1) is 16.7. The van der Waals surface area contributed by atoms with Crippen molar-refractivity contribution >= 4 is 15.9 Å². The standard InChI is InChI=1S/C14H27N3O3S/c1-12(2)15-8-10-16(11-9-15)14(18)13-4-6-17(7-5-13)21(3,19)20/h12-13H,4-11H2,1-3H3. The Balaban J connectivity index is 1.83. The van der Waals surface area contributed by atoms with Crippen LogP contribution in [-0.4, -0.2) is 80.0 Å². The van der Waals surface area contributed by atoms with Crippen molar-refractivity contribution in [1.29, 1.82) is 0 Å². The van der Waals surface area contributed by atoms with E-state index in [1.165, 1.54) is 10.6 Å². The van der Waals surface area contributed by atoms with Gasteiger partial charge >= 0.3 is 0 Å². The van der Waals surface area contributed by atoms with Crippen molar-refractivity contribution in [3.63, 3.8) is 0 Å². The molecule has 2 heterocycles. The largest absolute Gasteiger partial charge is 0.340 e. The lowest BCUT2D eigenvalue weighted by Gasteiger charge is -2.39. The van der Waals surface area contributed by atoms with E-state index in [2.05, 4.69) is 18.7 Å². The second-order valence-corrected chi connectivity index (χ2v) is 8.37. The molecule has 0 bridgehead atoms. The number of rotatable bonds is 3. The molecule has 0 radical (unpaired) electrons. The second-order valence-electron chi connectivity index (χ2n) is 6.39. The Morgan fingerprint density at radius 3 is 1.95 bits per heavy atom. The van der Waals surface area contributed by atoms with Crippen molar-refractivity contribution in [2.45, 2.75) is 32.7 Å². The number of piperazine rings is 1. The fourth-order valence-electron chi connectivity index (χ4n) is 3.15. The van der Waals surface area contributed by atoms with E-state index < -0.39 is 10.0 Å². The van der Waals surface area contributed by atoms with Crippen molar-refractivity contribution in [2.75, 3.05) is 45.5 Å². The number of sulfonamides is 1. The Morgan fingerprint density at radius 2 is 1.52 bits per heavy atom. The zero-order chi connectivity index (χ0) is 15.6. The van der Waals surface area contributed by atoms with Crippen molar-refractivity contribution in [1.82, 2.24) is 14.1 Å². The van der Waals surface area contributed by atoms with Gasteiger partial charge in [-0.15, -0.1) is 0 Å². The molecule has 0 saturated carbocycles. The smallest absolute Gasteiger partial charge is 0.225 e. The zero-order valence-corrected chi connectivity index (χ0v) is 14.1. The summed E-state index contributed by atoms with van der Waals surface area (Å²) in [5, 5.41) is 0. The van der Waals surface area contributed by atoms with Crippen molar-refractivity contribution in [2.24, 2.45) is 5.92 Å². The van der Waals surface area contributed by atoms with E-state index in [1.54, 1.807) is 0 Å². The highest BCUT2D eigenvalue weighted by molar-refractivity contribution is 7.88. The van der Waals surface area contributed by atoms with Gasteiger partial charge in [0, 0.05) is 51.2 Å². The number of carbonyl (C=O) groups excluding carboxylic acids is 1. The summed E-state index contributed by atoms with van der Waals surface area (Å²) in [6, 6.07) is 0.528. The maximum Gasteiger partial charge on any atom is 0.225 e. The van der Waals surface area contributed by atoms with Crippen molar-refractivity contribution < 1.29 is 13.2 Å². The summed E-state index contributed by atoms with van der Waals surface area (Å²) in [6.45, 7) is 8.77. The van der Waals surface area contributed by atoms with Crippen LogP contribution < -0.4 is 0 Å². The van der Waals surface area contributed by atoms with Crippen molar-refractivity contribution in [3.05, 3.63) is 0 Å². The summed E-state index contributed by atoms with van der Waals surface area (Å²) in [5.41, 5.74) is 0. The molecule has 0 aliphatic carbocycles. The van der Waals surface area contributed by atoms with Crippen LogP contribution in [0.1, 0.15) is 26.7 Å². The third-order valence-corrected chi connectivity index (χ3v) is 5.93. The lowest BCUT2D eigenvalue weighted by Crippen LogP contribution is -2.53. The summed E-state index contributed by atoms with van der Waals surface area (Å²) in [4.78, 5) is 16.9. The minimum absolute atomic E-state index is 0.00593. The van der Waals surface area contributed by atoms with Crippen LogP contribution in [0.15, 0.2) is 0 Å². The molecule has 0 aromatic heterocycles. The predicted octanol–water partition coefficient (Wildman–Crippen LogP) is 0.211. The first-order chi connectivity index (χ1) is 9.79. The summed E-state index contributed by atoms with van der Waals surface area (Å²) >= 11 is 0. The first-order valence-electron chi connectivity index (χ1n) is 7.77. The van der Waals surface area contributed by atoms with E-state index in [4.69, 9.17) is 0 Å². The predicted molar refractivity (Wildman–Crippen MR) is 82.4 cm³/mol.